The van der Waals surface area contributed by atoms with Gasteiger partial charge < -0.3 is 11.1 Å². The predicted octanol–water partition coefficient (Wildman–Crippen LogP) is 0.0354. The fourth-order valence-corrected chi connectivity index (χ4v) is 2.35. The number of piperidine rings is 1. The Morgan fingerprint density at radius 3 is 2.78 bits per heavy atom. The fourth-order valence-electron chi connectivity index (χ4n) is 2.35. The number of imide groups is 1. The molecule has 0 aliphatic carbocycles. The number of nitrogens with two attached hydrogens (primary N) is 1. The molecule has 0 aromatic heterocycles. The third kappa shape index (κ3) is 5.46. The zero-order valence-electron chi connectivity index (χ0n) is 11.1. The van der Waals surface area contributed by atoms with Gasteiger partial charge in [-0.05, 0) is 32.4 Å². The standard InChI is InChI=1S/C12H24N4O2/c1-2-7-16(10-4-3-6-14-9-10)8-5-11(17)15-12(13)18/h10,14H,2-9H2,1H3,(H3,13,15,17,18). The molecule has 0 aromatic carbocycles. The van der Waals surface area contributed by atoms with Crippen LogP contribution >= 0.6 is 0 Å². The monoisotopic (exact) mass is 256 g/mol. The SMILES string of the molecule is CCCN(CCC(=O)NC(N)=O)C1CCCNC1. The molecule has 4 N–H and O–H groups in total. The van der Waals surface area contributed by atoms with Gasteiger partial charge in [-0.25, -0.2) is 4.79 Å². The Morgan fingerprint density at radius 2 is 2.22 bits per heavy atom. The lowest BCUT2D eigenvalue weighted by molar-refractivity contribution is -0.120. The first-order valence-corrected chi connectivity index (χ1v) is 6.67. The van der Waals surface area contributed by atoms with E-state index in [0.29, 0.717) is 19.0 Å². The number of carbonyl (C=O) groups is 2. The first kappa shape index (κ1) is 14.9. The molecule has 3 amide bonds. The van der Waals surface area contributed by atoms with Crippen molar-refractivity contribution < 1.29 is 9.59 Å². The topological polar surface area (TPSA) is 87.5 Å². The van der Waals surface area contributed by atoms with Crippen molar-refractivity contribution in [3.8, 4) is 0 Å². The first-order chi connectivity index (χ1) is 8.63. The normalized spacial score (nSPS) is 19.8. The van der Waals surface area contributed by atoms with Crippen LogP contribution in [0.2, 0.25) is 0 Å². The molecule has 1 aliphatic rings. The maximum Gasteiger partial charge on any atom is 0.318 e. The molecule has 1 heterocycles. The second-order valence-electron chi connectivity index (χ2n) is 4.70. The summed E-state index contributed by atoms with van der Waals surface area (Å²) in [7, 11) is 0. The minimum atomic E-state index is -0.777. The Hall–Kier alpha value is -1.14. The smallest absolute Gasteiger partial charge is 0.318 e. The van der Waals surface area contributed by atoms with E-state index < -0.39 is 6.03 Å². The Labute approximate surface area is 108 Å². The number of rotatable bonds is 6. The molecule has 1 fully saturated rings. The molecule has 0 spiro atoms. The number of amides is 3. The summed E-state index contributed by atoms with van der Waals surface area (Å²) in [5.41, 5.74) is 4.91. The highest BCUT2D eigenvalue weighted by Crippen LogP contribution is 2.11. The average molecular weight is 256 g/mol. The van der Waals surface area contributed by atoms with Gasteiger partial charge in [0.15, 0.2) is 0 Å². The summed E-state index contributed by atoms with van der Waals surface area (Å²) in [5.74, 6) is -0.299. The van der Waals surface area contributed by atoms with Crippen molar-refractivity contribution in [2.75, 3.05) is 26.2 Å². The number of nitrogens with one attached hydrogen (secondary N) is 2. The van der Waals surface area contributed by atoms with Crippen LogP contribution in [-0.2, 0) is 4.79 Å². The van der Waals surface area contributed by atoms with Crippen LogP contribution in [0.4, 0.5) is 4.79 Å². The Balaban J connectivity index is 2.36. The van der Waals surface area contributed by atoms with Crippen molar-refractivity contribution in [3.05, 3.63) is 0 Å². The second kappa shape index (κ2) is 8.05. The van der Waals surface area contributed by atoms with Gasteiger partial charge in [-0.2, -0.15) is 0 Å². The van der Waals surface area contributed by atoms with Crippen molar-refractivity contribution >= 4 is 11.9 Å². The summed E-state index contributed by atoms with van der Waals surface area (Å²) in [6.07, 6.45) is 3.73. The summed E-state index contributed by atoms with van der Waals surface area (Å²) >= 11 is 0. The van der Waals surface area contributed by atoms with E-state index in [9.17, 15) is 9.59 Å². The van der Waals surface area contributed by atoms with Gasteiger partial charge >= 0.3 is 6.03 Å². The molecule has 0 bridgehead atoms. The summed E-state index contributed by atoms with van der Waals surface area (Å²) < 4.78 is 0. The third-order valence-electron chi connectivity index (χ3n) is 3.19. The summed E-state index contributed by atoms with van der Waals surface area (Å²) in [6.45, 7) is 5.86. The highest BCUT2D eigenvalue weighted by molar-refractivity contribution is 5.93. The highest BCUT2D eigenvalue weighted by atomic mass is 16.2. The molecule has 0 radical (unpaired) electrons. The predicted molar refractivity (Wildman–Crippen MR) is 70.1 cm³/mol. The van der Waals surface area contributed by atoms with Gasteiger partial charge in [0, 0.05) is 25.6 Å². The molecule has 1 aliphatic heterocycles. The fraction of sp³-hybridized carbons (Fsp3) is 0.833. The van der Waals surface area contributed by atoms with Gasteiger partial charge in [0.05, 0.1) is 0 Å². The molecule has 1 rings (SSSR count). The zero-order valence-corrected chi connectivity index (χ0v) is 11.1. The van der Waals surface area contributed by atoms with Crippen LogP contribution in [0.15, 0.2) is 0 Å². The summed E-state index contributed by atoms with van der Waals surface area (Å²) in [5, 5.41) is 5.48. The number of urea groups is 1. The molecule has 1 unspecified atom stereocenters. The van der Waals surface area contributed by atoms with Crippen LogP contribution in [0, 0.1) is 0 Å². The van der Waals surface area contributed by atoms with E-state index in [1.807, 2.05) is 0 Å². The number of carbonyl (C=O) groups excluding carboxylic acids is 2. The number of hydrogen-bond acceptors (Lipinski definition) is 4. The zero-order chi connectivity index (χ0) is 13.4. The van der Waals surface area contributed by atoms with Gasteiger partial charge in [0.2, 0.25) is 5.91 Å². The first-order valence-electron chi connectivity index (χ1n) is 6.67. The lowest BCUT2D eigenvalue weighted by Gasteiger charge is -2.34. The lowest BCUT2D eigenvalue weighted by atomic mass is 10.1. The van der Waals surface area contributed by atoms with Gasteiger partial charge in [0.25, 0.3) is 0 Å². The van der Waals surface area contributed by atoms with Crippen molar-refractivity contribution in [1.82, 2.24) is 15.5 Å². The Bertz CT molecular complexity index is 277. The van der Waals surface area contributed by atoms with Crippen molar-refractivity contribution in [3.63, 3.8) is 0 Å². The number of primary amides is 1. The van der Waals surface area contributed by atoms with E-state index in [2.05, 4.69) is 22.5 Å². The van der Waals surface area contributed by atoms with Gasteiger partial charge in [0.1, 0.15) is 0 Å². The van der Waals surface area contributed by atoms with Crippen LogP contribution in [0.25, 0.3) is 0 Å². The van der Waals surface area contributed by atoms with Crippen LogP contribution < -0.4 is 16.4 Å². The van der Waals surface area contributed by atoms with E-state index in [-0.39, 0.29) is 5.91 Å². The average Bonchev–Trinajstić information content (AvgIpc) is 2.34. The van der Waals surface area contributed by atoms with E-state index in [4.69, 9.17) is 5.73 Å². The maximum absolute atomic E-state index is 11.4. The van der Waals surface area contributed by atoms with Crippen molar-refractivity contribution in [2.45, 2.75) is 38.6 Å². The Morgan fingerprint density at radius 1 is 1.44 bits per heavy atom. The van der Waals surface area contributed by atoms with Crippen molar-refractivity contribution in [1.29, 1.82) is 0 Å². The molecule has 104 valence electrons. The number of hydrogen-bond donors (Lipinski definition) is 3. The molecular formula is C12H24N4O2. The van der Waals surface area contributed by atoms with Crippen molar-refractivity contribution in [2.24, 2.45) is 5.73 Å². The molecule has 1 saturated heterocycles. The summed E-state index contributed by atoms with van der Waals surface area (Å²) in [6, 6.07) is -0.276. The van der Waals surface area contributed by atoms with Crippen LogP contribution in [0.1, 0.15) is 32.6 Å². The molecule has 0 aromatic rings. The van der Waals surface area contributed by atoms with E-state index in [1.165, 1.54) is 12.8 Å². The van der Waals surface area contributed by atoms with Gasteiger partial charge in [-0.1, -0.05) is 6.92 Å². The van der Waals surface area contributed by atoms with Crippen LogP contribution in [0.5, 0.6) is 0 Å². The molecule has 18 heavy (non-hydrogen) atoms. The maximum atomic E-state index is 11.4. The van der Waals surface area contributed by atoms with E-state index in [1.54, 1.807) is 0 Å². The second-order valence-corrected chi connectivity index (χ2v) is 4.70. The van der Waals surface area contributed by atoms with Crippen LogP contribution in [0.3, 0.4) is 0 Å². The van der Waals surface area contributed by atoms with E-state index in [0.717, 1.165) is 26.1 Å². The molecule has 0 saturated carbocycles. The molecule has 1 atom stereocenters. The third-order valence-corrected chi connectivity index (χ3v) is 3.19. The minimum Gasteiger partial charge on any atom is -0.351 e. The highest BCUT2D eigenvalue weighted by Gasteiger charge is 2.20. The van der Waals surface area contributed by atoms with Gasteiger partial charge in [-0.3, -0.25) is 15.0 Å². The quantitative estimate of drug-likeness (QED) is 0.626. The van der Waals surface area contributed by atoms with E-state index >= 15 is 0 Å². The molecule has 6 heteroatoms. The molecule has 6 nitrogen and oxygen atoms in total. The van der Waals surface area contributed by atoms with Gasteiger partial charge in [-0.15, -0.1) is 0 Å². The van der Waals surface area contributed by atoms with Crippen LogP contribution in [-0.4, -0.2) is 49.1 Å². The number of nitrogens with zero attached hydrogens (tertiary/aromatic N) is 1. The Kier molecular flexibility index (Phi) is 6.67. The summed E-state index contributed by atoms with van der Waals surface area (Å²) in [4.78, 5) is 24.3. The lowest BCUT2D eigenvalue weighted by Crippen LogP contribution is -2.47. The minimum absolute atomic E-state index is 0.299. The largest absolute Gasteiger partial charge is 0.351 e. The molecular weight excluding hydrogens is 232 g/mol.